The molecule has 0 radical (unpaired) electrons. The monoisotopic (exact) mass is 355 g/mol. The Hall–Kier alpha value is -1.61. The highest BCUT2D eigenvalue weighted by molar-refractivity contribution is 6.11. The maximum Gasteiger partial charge on any atom is 0.169 e. The fraction of sp³-hybridized carbons (Fsp3) is 0.609. The average Bonchev–Trinajstić information content (AvgIpc) is 2.94. The van der Waals surface area contributed by atoms with Gasteiger partial charge in [-0.2, -0.15) is 0 Å². The Morgan fingerprint density at radius 1 is 1.15 bits per heavy atom. The molecule has 1 aromatic carbocycles. The van der Waals surface area contributed by atoms with Gasteiger partial charge in [0.2, 0.25) is 0 Å². The Labute approximate surface area is 161 Å². The van der Waals surface area contributed by atoms with Crippen molar-refractivity contribution in [3.63, 3.8) is 0 Å². The maximum atomic E-state index is 13.5. The molecule has 1 atom stereocenters. The van der Waals surface area contributed by atoms with E-state index in [1.165, 1.54) is 0 Å². The van der Waals surface area contributed by atoms with Crippen LogP contribution in [-0.4, -0.2) is 35.3 Å². The number of likely N-dealkylation sites (tertiary alicyclic amines) is 1. The van der Waals surface area contributed by atoms with Gasteiger partial charge in [-0.25, -0.2) is 0 Å². The predicted molar refractivity (Wildman–Crippen MR) is 108 cm³/mol. The lowest BCUT2D eigenvalue weighted by molar-refractivity contribution is 0.0946. The third kappa shape index (κ3) is 2.55. The Morgan fingerprint density at radius 3 is 2.58 bits per heavy atom. The zero-order valence-corrected chi connectivity index (χ0v) is 16.4. The smallest absolute Gasteiger partial charge is 0.169 e. The van der Waals surface area contributed by atoms with Gasteiger partial charge in [0.15, 0.2) is 5.78 Å². The van der Waals surface area contributed by atoms with Crippen LogP contribution in [0.1, 0.15) is 67.5 Å². The van der Waals surface area contributed by atoms with E-state index in [4.69, 9.17) is 4.11 Å². The van der Waals surface area contributed by atoms with E-state index in [9.17, 15) is 4.79 Å². The number of fused-ring (bicyclic) bond motifs is 1. The second kappa shape index (κ2) is 5.95. The van der Waals surface area contributed by atoms with Gasteiger partial charge >= 0.3 is 0 Å². The van der Waals surface area contributed by atoms with Crippen molar-refractivity contribution in [2.75, 3.05) is 20.1 Å². The summed E-state index contributed by atoms with van der Waals surface area (Å²) in [7, 11) is 0. The highest BCUT2D eigenvalue weighted by Crippen LogP contribution is 2.69. The molecule has 4 rings (SSSR count). The molecular weight excluding hydrogens is 320 g/mol. The third-order valence-corrected chi connectivity index (χ3v) is 7.33. The van der Waals surface area contributed by atoms with E-state index in [2.05, 4.69) is 38.3 Å². The lowest BCUT2D eigenvalue weighted by Gasteiger charge is -2.22. The first-order chi connectivity index (χ1) is 13.5. The highest BCUT2D eigenvalue weighted by atomic mass is 16.1. The van der Waals surface area contributed by atoms with Crippen molar-refractivity contribution in [3.8, 4) is 0 Å². The summed E-state index contributed by atoms with van der Waals surface area (Å²) < 4.78 is 25.8. The number of hydrogen-bond acceptors (Lipinski definition) is 2. The number of carbonyl (C=O) groups excluding carboxylic acids is 1. The van der Waals surface area contributed by atoms with Crippen molar-refractivity contribution >= 4 is 16.7 Å². The van der Waals surface area contributed by atoms with Crippen LogP contribution in [0.5, 0.6) is 0 Å². The molecule has 0 bridgehead atoms. The largest absolute Gasteiger partial charge is 0.342 e. The van der Waals surface area contributed by atoms with Crippen LogP contribution in [0, 0.1) is 16.7 Å². The van der Waals surface area contributed by atoms with Crippen LogP contribution in [0.4, 0.5) is 0 Å². The number of rotatable bonds is 3. The molecular formula is C23H32N2O. The molecule has 0 spiro atoms. The van der Waals surface area contributed by atoms with E-state index in [-0.39, 0.29) is 28.6 Å². The van der Waals surface area contributed by atoms with Gasteiger partial charge in [0, 0.05) is 45.3 Å². The second-order valence-electron chi connectivity index (χ2n) is 9.30. The van der Waals surface area contributed by atoms with Crippen LogP contribution in [-0.2, 0) is 0 Å². The first-order valence-electron chi connectivity index (χ1n) is 11.3. The lowest BCUT2D eigenvalue weighted by atomic mass is 10.0. The van der Waals surface area contributed by atoms with Crippen LogP contribution in [0.2, 0.25) is 0 Å². The number of benzene rings is 1. The lowest BCUT2D eigenvalue weighted by Crippen LogP contribution is -2.25. The van der Waals surface area contributed by atoms with Crippen molar-refractivity contribution in [2.45, 2.75) is 53.0 Å². The number of carbonyl (C=O) groups is 1. The molecule has 1 saturated heterocycles. The summed E-state index contributed by atoms with van der Waals surface area (Å²) in [6.45, 7) is 7.71. The molecule has 140 valence electrons. The quantitative estimate of drug-likeness (QED) is 0.710. The van der Waals surface area contributed by atoms with Crippen LogP contribution in [0.15, 0.2) is 30.5 Å². The second-order valence-corrected chi connectivity index (χ2v) is 9.30. The van der Waals surface area contributed by atoms with Gasteiger partial charge in [-0.05, 0) is 43.3 Å². The summed E-state index contributed by atoms with van der Waals surface area (Å²) in [5.41, 5.74) is 1.81. The summed E-state index contributed by atoms with van der Waals surface area (Å²) in [6.07, 6.45) is 4.82. The molecule has 1 saturated carbocycles. The molecule has 2 heterocycles. The Morgan fingerprint density at radius 2 is 1.88 bits per heavy atom. The molecule has 2 fully saturated rings. The van der Waals surface area contributed by atoms with E-state index >= 15 is 0 Å². The van der Waals surface area contributed by atoms with Gasteiger partial charge < -0.3 is 9.47 Å². The zero-order valence-electron chi connectivity index (χ0n) is 19.4. The SMILES string of the molecule is [2H]C([2H])([2H])N1CCCCC(n2cc(C(=O)C3C(C)(C)C3(C)C)c3ccccc32)C1. The Balaban J connectivity index is 1.74. The molecule has 3 heteroatoms. The number of likely N-dealkylation sites (N-methyl/N-ethyl adjacent to an activating group) is 1. The Bertz CT molecular complexity index is 927. The summed E-state index contributed by atoms with van der Waals surface area (Å²) >= 11 is 0. The van der Waals surface area contributed by atoms with E-state index in [0.717, 1.165) is 35.7 Å². The third-order valence-electron chi connectivity index (χ3n) is 7.33. The van der Waals surface area contributed by atoms with Crippen LogP contribution in [0.3, 0.4) is 0 Å². The number of aromatic nitrogens is 1. The van der Waals surface area contributed by atoms with Crippen molar-refractivity contribution in [1.29, 1.82) is 0 Å². The van der Waals surface area contributed by atoms with Crippen molar-refractivity contribution in [3.05, 3.63) is 36.0 Å². The molecule has 1 aromatic heterocycles. The molecule has 2 aliphatic rings. The van der Waals surface area contributed by atoms with Gasteiger partial charge in [-0.3, -0.25) is 4.79 Å². The van der Waals surface area contributed by atoms with Gasteiger partial charge in [0.25, 0.3) is 0 Å². The molecule has 2 aromatic rings. The zero-order chi connectivity index (χ0) is 21.2. The number of Topliss-reactive ketones (excluding diaryl/α,β-unsaturated/α-hetero) is 1. The number of para-hydroxylation sites is 1. The van der Waals surface area contributed by atoms with Crippen LogP contribution >= 0.6 is 0 Å². The number of hydrogen-bond donors (Lipinski definition) is 0. The number of ketones is 1. The van der Waals surface area contributed by atoms with E-state index in [0.29, 0.717) is 13.1 Å². The predicted octanol–water partition coefficient (Wildman–Crippen LogP) is 5.16. The minimum Gasteiger partial charge on any atom is -0.342 e. The van der Waals surface area contributed by atoms with Gasteiger partial charge in [0.1, 0.15) is 0 Å². The normalized spacial score (nSPS) is 28.2. The standard InChI is InChI=1S/C23H32N2O/c1-22(2)21(23(22,3)4)20(26)18-15-25(19-12-7-6-11-17(18)19)16-10-8-9-13-24(5)14-16/h6-7,11-12,15-16,21H,8-10,13-14H2,1-5H3/i5D3. The molecule has 1 unspecified atom stereocenters. The van der Waals surface area contributed by atoms with Crippen molar-refractivity contribution in [1.82, 2.24) is 9.47 Å². The van der Waals surface area contributed by atoms with Gasteiger partial charge in [0.05, 0.1) is 0 Å². The minimum absolute atomic E-state index is 0.00629. The maximum absolute atomic E-state index is 13.5. The van der Waals surface area contributed by atoms with Crippen molar-refractivity contribution in [2.24, 2.45) is 16.7 Å². The average molecular weight is 356 g/mol. The molecule has 1 aliphatic carbocycles. The molecule has 3 nitrogen and oxygen atoms in total. The van der Waals surface area contributed by atoms with Gasteiger partial charge in [-0.1, -0.05) is 52.3 Å². The van der Waals surface area contributed by atoms with E-state index in [1.54, 1.807) is 4.90 Å². The fourth-order valence-electron chi connectivity index (χ4n) is 5.06. The topological polar surface area (TPSA) is 25.2 Å². The summed E-state index contributed by atoms with van der Waals surface area (Å²) in [5.74, 6) is 0.235. The minimum atomic E-state index is -2.08. The Kier molecular flexibility index (Phi) is 3.31. The van der Waals surface area contributed by atoms with Crippen LogP contribution < -0.4 is 0 Å². The number of nitrogens with zero attached hydrogens (tertiary/aromatic N) is 2. The fourth-order valence-corrected chi connectivity index (χ4v) is 5.06. The molecule has 0 amide bonds. The van der Waals surface area contributed by atoms with Crippen molar-refractivity contribution < 1.29 is 8.91 Å². The summed E-state index contributed by atoms with van der Waals surface area (Å²) in [5, 5.41) is 0.987. The molecule has 26 heavy (non-hydrogen) atoms. The van der Waals surface area contributed by atoms with E-state index < -0.39 is 6.98 Å². The summed E-state index contributed by atoms with van der Waals surface area (Å²) in [4.78, 5) is 15.1. The van der Waals surface area contributed by atoms with Gasteiger partial charge in [-0.15, -0.1) is 0 Å². The summed E-state index contributed by atoms with van der Waals surface area (Å²) in [6, 6.07) is 8.12. The van der Waals surface area contributed by atoms with Crippen LogP contribution in [0.25, 0.3) is 10.9 Å². The molecule has 1 aliphatic heterocycles. The first kappa shape index (κ1) is 14.4. The molecule has 0 N–H and O–H groups in total. The van der Waals surface area contributed by atoms with E-state index in [1.807, 2.05) is 24.4 Å². The first-order valence-corrected chi connectivity index (χ1v) is 9.85. The highest BCUT2D eigenvalue weighted by Gasteiger charge is 2.68.